The molecule has 1 aromatic carbocycles. The van der Waals surface area contributed by atoms with Gasteiger partial charge in [-0.25, -0.2) is 13.8 Å². The molecule has 1 atom stereocenters. The minimum absolute atomic E-state index is 0.249. The third kappa shape index (κ3) is 5.83. The van der Waals surface area contributed by atoms with Crippen LogP contribution in [0.3, 0.4) is 0 Å². The maximum atomic E-state index is 13.6. The van der Waals surface area contributed by atoms with E-state index >= 15 is 0 Å². The Morgan fingerprint density at radius 2 is 2.14 bits per heavy atom. The molecule has 29 heavy (non-hydrogen) atoms. The molecule has 0 saturated heterocycles. The highest BCUT2D eigenvalue weighted by atomic mass is 32.1. The fourth-order valence-corrected chi connectivity index (χ4v) is 3.44. The van der Waals surface area contributed by atoms with E-state index < -0.39 is 11.6 Å². The Morgan fingerprint density at radius 3 is 2.86 bits per heavy atom. The largest absolute Gasteiger partial charge is 0.355 e. The molecule has 154 valence electrons. The molecule has 0 aliphatic heterocycles. The van der Waals surface area contributed by atoms with Gasteiger partial charge in [-0.15, -0.1) is 21.5 Å². The highest BCUT2D eigenvalue weighted by Crippen LogP contribution is 2.16. The van der Waals surface area contributed by atoms with Gasteiger partial charge in [-0.2, -0.15) is 0 Å². The predicted molar refractivity (Wildman–Crippen MR) is 111 cm³/mol. The minimum Gasteiger partial charge on any atom is -0.355 e. The van der Waals surface area contributed by atoms with Gasteiger partial charge in [0.2, 0.25) is 0 Å². The normalized spacial score (nSPS) is 12.8. The van der Waals surface area contributed by atoms with Crippen molar-refractivity contribution in [3.63, 3.8) is 0 Å². The van der Waals surface area contributed by atoms with Gasteiger partial charge in [-0.3, -0.25) is 0 Å². The van der Waals surface area contributed by atoms with Gasteiger partial charge in [0.05, 0.1) is 12.6 Å². The number of hydrogen-bond donors (Lipinski definition) is 2. The van der Waals surface area contributed by atoms with Crippen molar-refractivity contribution >= 4 is 17.3 Å². The summed E-state index contributed by atoms with van der Waals surface area (Å²) in [4.78, 5) is 5.77. The average Bonchev–Trinajstić information content (AvgIpc) is 3.39. The smallest absolute Gasteiger partial charge is 0.192 e. The van der Waals surface area contributed by atoms with Crippen LogP contribution in [0.2, 0.25) is 0 Å². The summed E-state index contributed by atoms with van der Waals surface area (Å²) in [6.07, 6.45) is 2.52. The second-order valence-electron chi connectivity index (χ2n) is 6.50. The number of aryl methyl sites for hydroxylation is 1. The van der Waals surface area contributed by atoms with Crippen LogP contribution in [-0.4, -0.2) is 27.3 Å². The molecule has 0 aliphatic carbocycles. The molecule has 2 heterocycles. The Labute approximate surface area is 172 Å². The molecule has 2 N–H and O–H groups in total. The van der Waals surface area contributed by atoms with E-state index in [0.29, 0.717) is 31.2 Å². The maximum absolute atomic E-state index is 13.6. The number of benzene rings is 1. The molecule has 0 saturated carbocycles. The minimum atomic E-state index is -0.860. The van der Waals surface area contributed by atoms with E-state index in [1.54, 1.807) is 23.7 Å². The van der Waals surface area contributed by atoms with Crippen molar-refractivity contribution in [2.45, 2.75) is 39.4 Å². The molecule has 0 radical (unpaired) electrons. The first-order valence-corrected chi connectivity index (χ1v) is 10.3. The first-order valence-electron chi connectivity index (χ1n) is 9.45. The van der Waals surface area contributed by atoms with Gasteiger partial charge in [0, 0.05) is 24.4 Å². The van der Waals surface area contributed by atoms with E-state index in [1.807, 2.05) is 35.9 Å². The number of nitrogens with one attached hydrogen (secondary N) is 2. The quantitative estimate of drug-likeness (QED) is 0.433. The Hall–Kier alpha value is -2.81. The molecular formula is C20H24F2N6S. The molecular weight excluding hydrogens is 394 g/mol. The van der Waals surface area contributed by atoms with Crippen molar-refractivity contribution in [2.75, 3.05) is 6.54 Å². The fourth-order valence-electron chi connectivity index (χ4n) is 2.82. The molecule has 3 aromatic rings. The second kappa shape index (κ2) is 10.1. The zero-order valence-corrected chi connectivity index (χ0v) is 17.2. The number of aromatic nitrogens is 3. The zero-order valence-electron chi connectivity index (χ0n) is 16.4. The van der Waals surface area contributed by atoms with Crippen LogP contribution in [0.25, 0.3) is 0 Å². The number of nitrogens with zero attached hydrogens (tertiary/aromatic N) is 4. The SMILES string of the molecule is CCc1nncn1CCNC(=NCc1cccs1)NC(C)c1ccc(F)c(F)c1. The molecule has 2 aromatic heterocycles. The molecule has 9 heteroatoms. The van der Waals surface area contributed by atoms with Crippen LogP contribution >= 0.6 is 11.3 Å². The van der Waals surface area contributed by atoms with Crippen LogP contribution in [0.5, 0.6) is 0 Å². The van der Waals surface area contributed by atoms with Gasteiger partial charge in [0.15, 0.2) is 17.6 Å². The molecule has 0 bridgehead atoms. The molecule has 0 amide bonds. The van der Waals surface area contributed by atoms with Crippen molar-refractivity contribution in [3.05, 3.63) is 69.9 Å². The lowest BCUT2D eigenvalue weighted by atomic mass is 10.1. The summed E-state index contributed by atoms with van der Waals surface area (Å²) in [5.41, 5.74) is 0.640. The molecule has 3 rings (SSSR count). The lowest BCUT2D eigenvalue weighted by Crippen LogP contribution is -2.40. The van der Waals surface area contributed by atoms with Gasteiger partial charge in [-0.05, 0) is 36.1 Å². The van der Waals surface area contributed by atoms with Crippen LogP contribution < -0.4 is 10.6 Å². The van der Waals surface area contributed by atoms with Crippen LogP contribution in [0.15, 0.2) is 47.0 Å². The number of guanidine groups is 1. The van der Waals surface area contributed by atoms with Crippen molar-refractivity contribution < 1.29 is 8.78 Å². The summed E-state index contributed by atoms with van der Waals surface area (Å²) >= 11 is 1.64. The van der Waals surface area contributed by atoms with E-state index in [1.165, 1.54) is 6.07 Å². The number of thiophene rings is 1. The Kier molecular flexibility index (Phi) is 7.29. The van der Waals surface area contributed by atoms with E-state index in [-0.39, 0.29) is 6.04 Å². The first kappa shape index (κ1) is 20.9. The van der Waals surface area contributed by atoms with Crippen LogP contribution in [0.1, 0.15) is 36.2 Å². The summed E-state index contributed by atoms with van der Waals surface area (Å²) in [5, 5.41) is 16.6. The summed E-state index contributed by atoms with van der Waals surface area (Å²) in [5.74, 6) is -0.194. The lowest BCUT2D eigenvalue weighted by Gasteiger charge is -2.19. The molecule has 0 spiro atoms. The molecule has 1 unspecified atom stereocenters. The summed E-state index contributed by atoms with van der Waals surface area (Å²) in [7, 11) is 0. The van der Waals surface area contributed by atoms with Crippen molar-refractivity contribution in [1.82, 2.24) is 25.4 Å². The van der Waals surface area contributed by atoms with Gasteiger partial charge in [0.1, 0.15) is 12.2 Å². The van der Waals surface area contributed by atoms with E-state index in [9.17, 15) is 8.78 Å². The highest BCUT2D eigenvalue weighted by Gasteiger charge is 2.11. The summed E-state index contributed by atoms with van der Waals surface area (Å²) in [6, 6.07) is 7.66. The average molecular weight is 419 g/mol. The maximum Gasteiger partial charge on any atom is 0.192 e. The fraction of sp³-hybridized carbons (Fsp3) is 0.350. The zero-order chi connectivity index (χ0) is 20.6. The van der Waals surface area contributed by atoms with Gasteiger partial charge < -0.3 is 15.2 Å². The number of hydrogen-bond acceptors (Lipinski definition) is 4. The van der Waals surface area contributed by atoms with Crippen molar-refractivity contribution in [2.24, 2.45) is 4.99 Å². The van der Waals surface area contributed by atoms with Crippen LogP contribution in [0.4, 0.5) is 8.78 Å². The number of aliphatic imine (C=N–C) groups is 1. The van der Waals surface area contributed by atoms with E-state index in [0.717, 1.165) is 23.2 Å². The van der Waals surface area contributed by atoms with Crippen molar-refractivity contribution in [1.29, 1.82) is 0 Å². The monoisotopic (exact) mass is 418 g/mol. The predicted octanol–water partition coefficient (Wildman–Crippen LogP) is 3.68. The highest BCUT2D eigenvalue weighted by molar-refractivity contribution is 7.09. The standard InChI is InChI=1S/C20H24F2N6S/c1-3-19-27-25-13-28(19)9-8-23-20(24-12-16-5-4-10-29-16)26-14(2)15-6-7-17(21)18(22)11-15/h4-7,10-11,13-14H,3,8-9,12H2,1-2H3,(H2,23,24,26). The third-order valence-electron chi connectivity index (χ3n) is 4.43. The summed E-state index contributed by atoms with van der Waals surface area (Å²) in [6.45, 7) is 5.75. The Balaban J connectivity index is 1.66. The first-order chi connectivity index (χ1) is 14.1. The Morgan fingerprint density at radius 1 is 1.28 bits per heavy atom. The van der Waals surface area contributed by atoms with Crippen LogP contribution in [0, 0.1) is 11.6 Å². The van der Waals surface area contributed by atoms with E-state index in [4.69, 9.17) is 0 Å². The van der Waals surface area contributed by atoms with Crippen LogP contribution in [-0.2, 0) is 19.5 Å². The van der Waals surface area contributed by atoms with Gasteiger partial charge in [0.25, 0.3) is 0 Å². The number of halogens is 2. The van der Waals surface area contributed by atoms with Gasteiger partial charge in [-0.1, -0.05) is 19.1 Å². The second-order valence-corrected chi connectivity index (χ2v) is 7.54. The molecule has 0 aliphatic rings. The molecule has 6 nitrogen and oxygen atoms in total. The van der Waals surface area contributed by atoms with Gasteiger partial charge >= 0.3 is 0 Å². The van der Waals surface area contributed by atoms with E-state index in [2.05, 4.69) is 25.8 Å². The summed E-state index contributed by atoms with van der Waals surface area (Å²) < 4.78 is 28.8. The topological polar surface area (TPSA) is 67.1 Å². The third-order valence-corrected chi connectivity index (χ3v) is 5.29. The lowest BCUT2D eigenvalue weighted by molar-refractivity contribution is 0.504. The van der Waals surface area contributed by atoms with Crippen molar-refractivity contribution in [3.8, 4) is 0 Å². The number of rotatable bonds is 8. The Bertz CT molecular complexity index is 938. The molecule has 0 fully saturated rings.